The van der Waals surface area contributed by atoms with Gasteiger partial charge < -0.3 is 15.0 Å². The van der Waals surface area contributed by atoms with Crippen LogP contribution in [0.25, 0.3) is 22.0 Å². The molecule has 5 rings (SSSR count). The van der Waals surface area contributed by atoms with Crippen LogP contribution in [0.5, 0.6) is 0 Å². The van der Waals surface area contributed by atoms with Crippen molar-refractivity contribution in [3.8, 4) is 11.1 Å². The molecule has 4 aromatic rings. The maximum Gasteiger partial charge on any atom is 0.253 e. The molecule has 2 aromatic heterocycles. The Kier molecular flexibility index (Phi) is 7.97. The lowest BCUT2D eigenvalue weighted by molar-refractivity contribution is 0.0681. The molecule has 0 unspecified atom stereocenters. The number of methoxy groups -OCH3 is 1. The second-order valence-electron chi connectivity index (χ2n) is 10.1. The number of benzene rings is 2. The number of likely N-dealkylation sites (tertiary alicyclic amines) is 1. The molecule has 0 radical (unpaired) electrons. The molecule has 0 atom stereocenters. The first-order valence-electron chi connectivity index (χ1n) is 13.3. The first kappa shape index (κ1) is 26.5. The monoisotopic (exact) mass is 526 g/mol. The number of amides is 2. The van der Waals surface area contributed by atoms with E-state index in [9.17, 15) is 9.59 Å². The second-order valence-corrected chi connectivity index (χ2v) is 10.1. The molecule has 39 heavy (non-hydrogen) atoms. The average Bonchev–Trinajstić information content (AvgIpc) is 3.37. The third kappa shape index (κ3) is 5.98. The summed E-state index contributed by atoms with van der Waals surface area (Å²) in [5.74, 6) is 1.13. The Balaban J connectivity index is 1.17. The van der Waals surface area contributed by atoms with E-state index >= 15 is 0 Å². The van der Waals surface area contributed by atoms with E-state index in [1.54, 1.807) is 19.5 Å². The van der Waals surface area contributed by atoms with Gasteiger partial charge in [0.1, 0.15) is 5.82 Å². The van der Waals surface area contributed by atoms with E-state index < -0.39 is 0 Å². The van der Waals surface area contributed by atoms with Crippen molar-refractivity contribution in [2.45, 2.75) is 33.2 Å². The highest BCUT2D eigenvalue weighted by Crippen LogP contribution is 2.25. The van der Waals surface area contributed by atoms with E-state index in [1.165, 1.54) is 0 Å². The second kappa shape index (κ2) is 11.7. The zero-order valence-corrected chi connectivity index (χ0v) is 22.7. The largest absolute Gasteiger partial charge is 0.383 e. The van der Waals surface area contributed by atoms with Gasteiger partial charge in [0.2, 0.25) is 0 Å². The highest BCUT2D eigenvalue weighted by atomic mass is 16.5. The molecule has 9 heteroatoms. The average molecular weight is 527 g/mol. The van der Waals surface area contributed by atoms with Crippen LogP contribution < -0.4 is 5.32 Å². The van der Waals surface area contributed by atoms with Gasteiger partial charge in [0.25, 0.3) is 11.8 Å². The van der Waals surface area contributed by atoms with E-state index in [1.807, 2.05) is 66.0 Å². The Morgan fingerprint density at radius 1 is 1.00 bits per heavy atom. The summed E-state index contributed by atoms with van der Waals surface area (Å²) in [6.45, 7) is 7.01. The van der Waals surface area contributed by atoms with Crippen molar-refractivity contribution in [3.63, 3.8) is 0 Å². The highest BCUT2D eigenvalue weighted by molar-refractivity contribution is 6.00. The van der Waals surface area contributed by atoms with Crippen LogP contribution in [0.2, 0.25) is 0 Å². The maximum atomic E-state index is 13.1. The summed E-state index contributed by atoms with van der Waals surface area (Å²) in [7, 11) is 1.61. The van der Waals surface area contributed by atoms with Crippen molar-refractivity contribution in [2.75, 3.05) is 33.4 Å². The minimum absolute atomic E-state index is 0.0666. The fraction of sp³-hybridized carbons (Fsp3) is 0.367. The summed E-state index contributed by atoms with van der Waals surface area (Å²) in [6, 6.07) is 11.4. The van der Waals surface area contributed by atoms with Gasteiger partial charge >= 0.3 is 0 Å². The van der Waals surface area contributed by atoms with Crippen molar-refractivity contribution in [3.05, 3.63) is 77.5 Å². The number of carbonyl (C=O) groups excluding carboxylic acids is 2. The van der Waals surface area contributed by atoms with Gasteiger partial charge in [0, 0.05) is 74.0 Å². The number of hydrogen-bond donors (Lipinski definition) is 1. The van der Waals surface area contributed by atoms with Crippen LogP contribution in [0.3, 0.4) is 0 Å². The van der Waals surface area contributed by atoms with Crippen molar-refractivity contribution >= 4 is 22.7 Å². The van der Waals surface area contributed by atoms with Crippen molar-refractivity contribution in [1.82, 2.24) is 30.0 Å². The van der Waals surface area contributed by atoms with Crippen LogP contribution >= 0.6 is 0 Å². The van der Waals surface area contributed by atoms with Crippen molar-refractivity contribution < 1.29 is 14.3 Å². The smallest absolute Gasteiger partial charge is 0.253 e. The lowest BCUT2D eigenvalue weighted by atomic mass is 9.96. The third-order valence-electron chi connectivity index (χ3n) is 7.44. The molecule has 0 spiro atoms. The van der Waals surface area contributed by atoms with Gasteiger partial charge in [-0.3, -0.25) is 14.3 Å². The number of rotatable bonds is 8. The zero-order chi connectivity index (χ0) is 27.4. The summed E-state index contributed by atoms with van der Waals surface area (Å²) in [5.41, 5.74) is 5.09. The fourth-order valence-electron chi connectivity index (χ4n) is 5.09. The van der Waals surface area contributed by atoms with Crippen LogP contribution in [0, 0.1) is 19.8 Å². The molecule has 3 heterocycles. The minimum Gasteiger partial charge on any atom is -0.383 e. The van der Waals surface area contributed by atoms with Gasteiger partial charge in [-0.2, -0.15) is 5.10 Å². The predicted molar refractivity (Wildman–Crippen MR) is 150 cm³/mol. The van der Waals surface area contributed by atoms with Gasteiger partial charge in [0.15, 0.2) is 0 Å². The Bertz CT molecular complexity index is 1450. The quantitative estimate of drug-likeness (QED) is 0.348. The summed E-state index contributed by atoms with van der Waals surface area (Å²) < 4.78 is 7.00. The summed E-state index contributed by atoms with van der Waals surface area (Å²) in [4.78, 5) is 36.1. The highest BCUT2D eigenvalue weighted by Gasteiger charge is 2.24. The standard InChI is InChI=1S/C30H34N6O3/c1-20-26(29(37)31-12-15-39-3)8-9-28-27(20)19-36(34-28)18-22-10-13-35(14-11-22)30(38)24-6-4-23(5-7-24)25-16-32-21(2)33-17-25/h4-9,16-17,19,22H,10-15,18H2,1-3H3,(H,31,37). The molecule has 1 N–H and O–H groups in total. The Morgan fingerprint density at radius 2 is 1.72 bits per heavy atom. The number of nitrogens with zero attached hydrogens (tertiary/aromatic N) is 5. The number of nitrogens with one attached hydrogen (secondary N) is 1. The van der Waals surface area contributed by atoms with Gasteiger partial charge in [-0.25, -0.2) is 9.97 Å². The Hall–Kier alpha value is -4.11. The van der Waals surface area contributed by atoms with Crippen molar-refractivity contribution in [1.29, 1.82) is 0 Å². The molecule has 2 amide bonds. The van der Waals surface area contributed by atoms with E-state index in [-0.39, 0.29) is 11.8 Å². The van der Waals surface area contributed by atoms with Crippen LogP contribution in [0.15, 0.2) is 55.0 Å². The van der Waals surface area contributed by atoms with Crippen molar-refractivity contribution in [2.24, 2.45) is 5.92 Å². The number of carbonyl (C=O) groups is 2. The van der Waals surface area contributed by atoms with Crippen LogP contribution in [-0.2, 0) is 11.3 Å². The van der Waals surface area contributed by atoms with E-state index in [0.29, 0.717) is 30.2 Å². The number of hydrogen-bond acceptors (Lipinski definition) is 6. The lowest BCUT2D eigenvalue weighted by Gasteiger charge is -2.32. The maximum absolute atomic E-state index is 13.1. The molecule has 1 fully saturated rings. The van der Waals surface area contributed by atoms with E-state index in [4.69, 9.17) is 9.84 Å². The topological polar surface area (TPSA) is 102 Å². The zero-order valence-electron chi connectivity index (χ0n) is 22.7. The lowest BCUT2D eigenvalue weighted by Crippen LogP contribution is -2.39. The normalized spacial score (nSPS) is 14.1. The molecule has 0 saturated carbocycles. The summed E-state index contributed by atoms with van der Waals surface area (Å²) >= 11 is 0. The molecule has 1 saturated heterocycles. The van der Waals surface area contributed by atoms with Gasteiger partial charge in [-0.15, -0.1) is 0 Å². The predicted octanol–water partition coefficient (Wildman–Crippen LogP) is 4.04. The van der Waals surface area contributed by atoms with E-state index in [0.717, 1.165) is 65.9 Å². The number of aromatic nitrogens is 4. The molecule has 0 aliphatic carbocycles. The first-order valence-corrected chi connectivity index (χ1v) is 13.3. The van der Waals surface area contributed by atoms with E-state index in [2.05, 4.69) is 15.3 Å². The SMILES string of the molecule is COCCNC(=O)c1ccc2nn(CC3CCN(C(=O)c4ccc(-c5cnc(C)nc5)cc4)CC3)cc2c1C. The Labute approximate surface area is 228 Å². The number of ether oxygens (including phenoxy) is 1. The summed E-state index contributed by atoms with van der Waals surface area (Å²) in [6.07, 6.45) is 7.48. The molecular weight excluding hydrogens is 492 g/mol. The molecule has 0 bridgehead atoms. The molecule has 1 aliphatic heterocycles. The number of aryl methyl sites for hydroxylation is 2. The number of fused-ring (bicyclic) bond motifs is 1. The fourth-order valence-corrected chi connectivity index (χ4v) is 5.09. The van der Waals surface area contributed by atoms with Gasteiger partial charge in [-0.05, 0) is 68.0 Å². The Morgan fingerprint density at radius 3 is 2.41 bits per heavy atom. The molecule has 202 valence electrons. The molecule has 1 aliphatic rings. The van der Waals surface area contributed by atoms with Gasteiger partial charge in [-0.1, -0.05) is 12.1 Å². The van der Waals surface area contributed by atoms with Crippen LogP contribution in [-0.4, -0.2) is 69.8 Å². The van der Waals surface area contributed by atoms with Crippen LogP contribution in [0.4, 0.5) is 0 Å². The summed E-state index contributed by atoms with van der Waals surface area (Å²) in [5, 5.41) is 8.63. The molecular formula is C30H34N6O3. The van der Waals surface area contributed by atoms with Crippen LogP contribution in [0.1, 0.15) is 44.9 Å². The minimum atomic E-state index is -0.102. The number of piperidine rings is 1. The van der Waals surface area contributed by atoms with Gasteiger partial charge in [0.05, 0.1) is 12.1 Å². The molecule has 2 aromatic carbocycles. The molecule has 9 nitrogen and oxygen atoms in total. The third-order valence-corrected chi connectivity index (χ3v) is 7.44. The first-order chi connectivity index (χ1) is 18.9.